The lowest BCUT2D eigenvalue weighted by Crippen LogP contribution is -2.26. The molecule has 7 heteroatoms. The Kier molecular flexibility index (Phi) is 7.56. The van der Waals surface area contributed by atoms with Crippen molar-refractivity contribution in [3.63, 3.8) is 0 Å². The van der Waals surface area contributed by atoms with Crippen LogP contribution in [0.15, 0.2) is 18.2 Å². The van der Waals surface area contributed by atoms with Crippen LogP contribution in [0.1, 0.15) is 5.56 Å². The summed E-state index contributed by atoms with van der Waals surface area (Å²) in [5.74, 6) is 0.269. The molecular formula is C13H21N3O4. The monoisotopic (exact) mass is 283 g/mol. The molecule has 1 rings (SSSR count). The van der Waals surface area contributed by atoms with Gasteiger partial charge in [0.05, 0.1) is 18.1 Å². The van der Waals surface area contributed by atoms with Crippen LogP contribution in [0.3, 0.4) is 0 Å². The third-order valence-corrected chi connectivity index (χ3v) is 2.54. The van der Waals surface area contributed by atoms with Crippen molar-refractivity contribution in [1.29, 1.82) is 0 Å². The van der Waals surface area contributed by atoms with E-state index < -0.39 is 4.92 Å². The van der Waals surface area contributed by atoms with Gasteiger partial charge in [-0.15, -0.1) is 0 Å². The van der Waals surface area contributed by atoms with Crippen molar-refractivity contribution in [3.05, 3.63) is 33.9 Å². The first-order chi connectivity index (χ1) is 9.65. The summed E-state index contributed by atoms with van der Waals surface area (Å²) in [7, 11) is 0. The smallest absolute Gasteiger partial charge is 0.311 e. The Morgan fingerprint density at radius 1 is 1.30 bits per heavy atom. The molecule has 0 heterocycles. The van der Waals surface area contributed by atoms with E-state index in [0.29, 0.717) is 19.8 Å². The van der Waals surface area contributed by atoms with E-state index in [1.165, 1.54) is 6.07 Å². The lowest BCUT2D eigenvalue weighted by atomic mass is 10.2. The molecule has 0 fully saturated rings. The van der Waals surface area contributed by atoms with E-state index in [0.717, 1.165) is 18.7 Å². The molecule has 0 atom stereocenters. The molecule has 20 heavy (non-hydrogen) atoms. The number of benzene rings is 1. The molecule has 1 aromatic rings. The summed E-state index contributed by atoms with van der Waals surface area (Å²) in [4.78, 5) is 10.4. The summed E-state index contributed by atoms with van der Waals surface area (Å²) in [5, 5.41) is 14.0. The third kappa shape index (κ3) is 5.96. The second-order valence-electron chi connectivity index (χ2n) is 4.23. The molecule has 0 radical (unpaired) electrons. The number of hydrogen-bond acceptors (Lipinski definition) is 6. The summed E-state index contributed by atoms with van der Waals surface area (Å²) < 4.78 is 10.7. The summed E-state index contributed by atoms with van der Waals surface area (Å²) in [6, 6.07) is 4.88. The lowest BCUT2D eigenvalue weighted by Gasteiger charge is -2.08. The Balaban J connectivity index is 2.27. The highest BCUT2D eigenvalue weighted by Gasteiger charge is 2.14. The van der Waals surface area contributed by atoms with Crippen LogP contribution >= 0.6 is 0 Å². The maximum Gasteiger partial charge on any atom is 0.311 e. The number of nitro benzene ring substituents is 1. The zero-order chi connectivity index (χ0) is 14.8. The molecule has 0 bridgehead atoms. The van der Waals surface area contributed by atoms with Gasteiger partial charge in [-0.05, 0) is 18.6 Å². The molecule has 3 N–H and O–H groups in total. The van der Waals surface area contributed by atoms with Crippen molar-refractivity contribution in [2.75, 3.05) is 39.5 Å². The van der Waals surface area contributed by atoms with Crippen LogP contribution in [0.2, 0.25) is 0 Å². The minimum absolute atomic E-state index is 0.0189. The van der Waals surface area contributed by atoms with E-state index in [-0.39, 0.29) is 18.0 Å². The quantitative estimate of drug-likeness (QED) is 0.375. The van der Waals surface area contributed by atoms with Crippen LogP contribution in [-0.4, -0.2) is 44.4 Å². The Morgan fingerprint density at radius 2 is 2.10 bits per heavy atom. The highest BCUT2D eigenvalue weighted by atomic mass is 16.6. The van der Waals surface area contributed by atoms with Crippen molar-refractivity contribution in [3.8, 4) is 5.75 Å². The highest BCUT2D eigenvalue weighted by Crippen LogP contribution is 2.27. The Morgan fingerprint density at radius 3 is 2.80 bits per heavy atom. The number of rotatable bonds is 10. The molecule has 1 aromatic carbocycles. The second-order valence-corrected chi connectivity index (χ2v) is 4.23. The van der Waals surface area contributed by atoms with Crippen LogP contribution in [0.5, 0.6) is 5.75 Å². The van der Waals surface area contributed by atoms with Gasteiger partial charge in [0.2, 0.25) is 0 Å². The summed E-state index contributed by atoms with van der Waals surface area (Å²) in [6.07, 6.45) is 0. The number of hydrogen-bond donors (Lipinski definition) is 2. The van der Waals surface area contributed by atoms with Gasteiger partial charge in [-0.1, -0.05) is 6.07 Å². The SMILES string of the molecule is Cc1ccc(OCCOCCNCCN)c([N+](=O)[O-])c1. The number of aryl methyl sites for hydroxylation is 1. The molecule has 112 valence electrons. The number of nitrogens with two attached hydrogens (primary N) is 1. The first kappa shape index (κ1) is 16.4. The van der Waals surface area contributed by atoms with Gasteiger partial charge in [-0.25, -0.2) is 0 Å². The molecule has 7 nitrogen and oxygen atoms in total. The lowest BCUT2D eigenvalue weighted by molar-refractivity contribution is -0.385. The van der Waals surface area contributed by atoms with Crippen LogP contribution in [0, 0.1) is 17.0 Å². The molecule has 0 saturated carbocycles. The van der Waals surface area contributed by atoms with Crippen molar-refractivity contribution >= 4 is 5.69 Å². The van der Waals surface area contributed by atoms with Crippen molar-refractivity contribution < 1.29 is 14.4 Å². The Labute approximate surface area is 118 Å². The van der Waals surface area contributed by atoms with Gasteiger partial charge in [0.15, 0.2) is 5.75 Å². The molecule has 0 aliphatic heterocycles. The van der Waals surface area contributed by atoms with Crippen LogP contribution in [0.25, 0.3) is 0 Å². The van der Waals surface area contributed by atoms with E-state index >= 15 is 0 Å². The highest BCUT2D eigenvalue weighted by molar-refractivity contribution is 5.48. The van der Waals surface area contributed by atoms with Crippen molar-refractivity contribution in [1.82, 2.24) is 5.32 Å². The van der Waals surface area contributed by atoms with Gasteiger partial charge >= 0.3 is 5.69 Å². The normalized spacial score (nSPS) is 10.5. The molecular weight excluding hydrogens is 262 g/mol. The van der Waals surface area contributed by atoms with Gasteiger partial charge in [0.1, 0.15) is 6.61 Å². The van der Waals surface area contributed by atoms with Gasteiger partial charge in [0, 0.05) is 25.7 Å². The van der Waals surface area contributed by atoms with E-state index in [1.54, 1.807) is 19.1 Å². The fraction of sp³-hybridized carbons (Fsp3) is 0.538. The zero-order valence-corrected chi connectivity index (χ0v) is 11.6. The predicted octanol–water partition coefficient (Wildman–Crippen LogP) is 0.847. The largest absolute Gasteiger partial charge is 0.484 e. The van der Waals surface area contributed by atoms with Gasteiger partial charge in [-0.3, -0.25) is 10.1 Å². The molecule has 0 amide bonds. The number of nitrogens with zero attached hydrogens (tertiary/aromatic N) is 1. The van der Waals surface area contributed by atoms with Crippen LogP contribution in [-0.2, 0) is 4.74 Å². The topological polar surface area (TPSA) is 99.7 Å². The zero-order valence-electron chi connectivity index (χ0n) is 11.6. The van der Waals surface area contributed by atoms with E-state index in [9.17, 15) is 10.1 Å². The average Bonchev–Trinajstić information content (AvgIpc) is 2.43. The van der Waals surface area contributed by atoms with Crippen LogP contribution < -0.4 is 15.8 Å². The average molecular weight is 283 g/mol. The summed E-state index contributed by atoms with van der Waals surface area (Å²) in [6.45, 7) is 5.10. The van der Waals surface area contributed by atoms with Gasteiger partial charge < -0.3 is 20.5 Å². The standard InChI is InChI=1S/C13H21N3O4/c1-11-2-3-13(12(10-11)16(17)18)20-9-8-19-7-6-15-5-4-14/h2-3,10,15H,4-9,14H2,1H3. The number of ether oxygens (including phenoxy) is 2. The van der Waals surface area contributed by atoms with Crippen molar-refractivity contribution in [2.24, 2.45) is 5.73 Å². The van der Waals surface area contributed by atoms with Gasteiger partial charge in [0.25, 0.3) is 0 Å². The molecule has 0 aromatic heterocycles. The first-order valence-corrected chi connectivity index (χ1v) is 6.51. The Bertz CT molecular complexity index is 426. The maximum absolute atomic E-state index is 10.9. The third-order valence-electron chi connectivity index (χ3n) is 2.54. The molecule has 0 spiro atoms. The molecule has 0 aliphatic rings. The maximum atomic E-state index is 10.9. The fourth-order valence-corrected chi connectivity index (χ4v) is 1.58. The number of nitrogens with one attached hydrogen (secondary N) is 1. The first-order valence-electron chi connectivity index (χ1n) is 6.51. The predicted molar refractivity (Wildman–Crippen MR) is 76.1 cm³/mol. The van der Waals surface area contributed by atoms with E-state index in [2.05, 4.69) is 5.32 Å². The van der Waals surface area contributed by atoms with E-state index in [1.807, 2.05) is 0 Å². The fourth-order valence-electron chi connectivity index (χ4n) is 1.58. The van der Waals surface area contributed by atoms with Crippen LogP contribution in [0.4, 0.5) is 5.69 Å². The van der Waals surface area contributed by atoms with E-state index in [4.69, 9.17) is 15.2 Å². The minimum atomic E-state index is -0.445. The molecule has 0 aliphatic carbocycles. The van der Waals surface area contributed by atoms with Crippen molar-refractivity contribution in [2.45, 2.75) is 6.92 Å². The number of nitro groups is 1. The Hall–Kier alpha value is -1.70. The summed E-state index contributed by atoms with van der Waals surface area (Å²) in [5.41, 5.74) is 6.13. The minimum Gasteiger partial charge on any atom is -0.484 e. The second kappa shape index (κ2) is 9.24. The molecule has 0 unspecified atom stereocenters. The molecule has 0 saturated heterocycles. The van der Waals surface area contributed by atoms with Gasteiger partial charge in [-0.2, -0.15) is 0 Å². The summed E-state index contributed by atoms with van der Waals surface area (Å²) >= 11 is 0.